The summed E-state index contributed by atoms with van der Waals surface area (Å²) in [4.78, 5) is 23.9. The summed E-state index contributed by atoms with van der Waals surface area (Å²) in [6, 6.07) is 0. The van der Waals surface area contributed by atoms with E-state index in [0.717, 1.165) is 35.1 Å². The van der Waals surface area contributed by atoms with Gasteiger partial charge in [0.25, 0.3) is 5.91 Å². The van der Waals surface area contributed by atoms with E-state index in [0.29, 0.717) is 19.1 Å². The van der Waals surface area contributed by atoms with Gasteiger partial charge < -0.3 is 10.1 Å². The Morgan fingerprint density at radius 1 is 1.48 bits per heavy atom. The Kier molecular flexibility index (Phi) is 5.10. The van der Waals surface area contributed by atoms with Crippen LogP contribution in [0, 0.1) is 5.92 Å². The maximum atomic E-state index is 12.4. The van der Waals surface area contributed by atoms with Crippen LogP contribution in [0.2, 0.25) is 0 Å². The number of amides is 1. The molecule has 3 aromatic rings. The number of carbonyl (C=O) groups is 1. The highest BCUT2D eigenvalue weighted by molar-refractivity contribution is 7.19. The third-order valence-electron chi connectivity index (χ3n) is 4.89. The minimum absolute atomic E-state index is 0.192. The van der Waals surface area contributed by atoms with Gasteiger partial charge in [-0.3, -0.25) is 4.79 Å². The number of fused-ring (bicyclic) bond motifs is 5. The summed E-state index contributed by atoms with van der Waals surface area (Å²) in [5.74, 6) is 0.598. The van der Waals surface area contributed by atoms with E-state index in [9.17, 15) is 4.79 Å². The Morgan fingerprint density at radius 3 is 3.15 bits per heavy atom. The topological polar surface area (TPSA) is 81.4 Å². The molecule has 0 aromatic carbocycles. The van der Waals surface area contributed by atoms with Gasteiger partial charge in [0.2, 0.25) is 5.82 Å². The average Bonchev–Trinajstić information content (AvgIpc) is 3.21. The van der Waals surface area contributed by atoms with Crippen molar-refractivity contribution in [3.8, 4) is 0 Å². The van der Waals surface area contributed by atoms with Gasteiger partial charge in [-0.25, -0.2) is 14.5 Å². The highest BCUT2D eigenvalue weighted by Crippen LogP contribution is 2.38. The van der Waals surface area contributed by atoms with E-state index in [1.807, 2.05) is 13.8 Å². The molecule has 0 saturated heterocycles. The molecule has 0 bridgehead atoms. The maximum Gasteiger partial charge on any atom is 0.290 e. The number of rotatable bonds is 6. The third kappa shape index (κ3) is 3.68. The van der Waals surface area contributed by atoms with Gasteiger partial charge >= 0.3 is 0 Å². The zero-order valence-corrected chi connectivity index (χ0v) is 16.8. The predicted octanol–water partition coefficient (Wildman–Crippen LogP) is 3.01. The van der Waals surface area contributed by atoms with Gasteiger partial charge in [-0.2, -0.15) is 0 Å². The molecular formula is C19H25N5O2S. The van der Waals surface area contributed by atoms with E-state index in [1.165, 1.54) is 16.9 Å². The fourth-order valence-corrected chi connectivity index (χ4v) is 4.69. The molecule has 4 rings (SSSR count). The molecular weight excluding hydrogens is 362 g/mol. The summed E-state index contributed by atoms with van der Waals surface area (Å²) in [7, 11) is 0. The molecule has 1 atom stereocenters. The second-order valence-electron chi connectivity index (χ2n) is 7.51. The molecule has 0 aliphatic heterocycles. The van der Waals surface area contributed by atoms with Gasteiger partial charge in [-0.05, 0) is 51.0 Å². The summed E-state index contributed by atoms with van der Waals surface area (Å²) in [6.07, 6.45) is 5.99. The van der Waals surface area contributed by atoms with Crippen LogP contribution in [0.5, 0.6) is 0 Å². The quantitative estimate of drug-likeness (QED) is 0.658. The first-order chi connectivity index (χ1) is 13.0. The van der Waals surface area contributed by atoms with Crippen molar-refractivity contribution in [2.45, 2.75) is 52.6 Å². The van der Waals surface area contributed by atoms with Crippen molar-refractivity contribution < 1.29 is 9.53 Å². The Bertz CT molecular complexity index is 977. The SMILES string of the molecule is CC(C)OCCCNC(=O)c1nc2c3c4c(sc3ncn2n1)CC[C@H](C)C4. The number of carbonyl (C=O) groups excluding carboxylic acids is 1. The van der Waals surface area contributed by atoms with E-state index in [-0.39, 0.29) is 17.8 Å². The van der Waals surface area contributed by atoms with E-state index in [2.05, 4.69) is 27.3 Å². The van der Waals surface area contributed by atoms with Crippen LogP contribution in [0.4, 0.5) is 0 Å². The number of aryl methyl sites for hydroxylation is 1. The highest BCUT2D eigenvalue weighted by atomic mass is 32.1. The van der Waals surface area contributed by atoms with Crippen molar-refractivity contribution in [3.63, 3.8) is 0 Å². The molecule has 1 amide bonds. The van der Waals surface area contributed by atoms with E-state index in [4.69, 9.17) is 4.74 Å². The van der Waals surface area contributed by atoms with Crippen molar-refractivity contribution in [1.82, 2.24) is 24.9 Å². The summed E-state index contributed by atoms with van der Waals surface area (Å²) in [5.41, 5.74) is 2.08. The first-order valence-electron chi connectivity index (χ1n) is 9.58. The van der Waals surface area contributed by atoms with Gasteiger partial charge in [0.15, 0.2) is 5.65 Å². The van der Waals surface area contributed by atoms with E-state index in [1.54, 1.807) is 22.2 Å². The summed E-state index contributed by atoms with van der Waals surface area (Å²) >= 11 is 1.75. The Balaban J connectivity index is 1.56. The van der Waals surface area contributed by atoms with Crippen LogP contribution in [0.1, 0.15) is 54.7 Å². The van der Waals surface area contributed by atoms with Crippen LogP contribution in [0.15, 0.2) is 6.33 Å². The molecule has 1 aliphatic rings. The molecule has 144 valence electrons. The van der Waals surface area contributed by atoms with Crippen LogP contribution < -0.4 is 5.32 Å². The Morgan fingerprint density at radius 2 is 2.33 bits per heavy atom. The fourth-order valence-electron chi connectivity index (χ4n) is 3.51. The summed E-state index contributed by atoms with van der Waals surface area (Å²) in [6.45, 7) is 7.45. The zero-order chi connectivity index (χ0) is 19.0. The van der Waals surface area contributed by atoms with Crippen molar-refractivity contribution in [2.75, 3.05) is 13.2 Å². The Labute approximate surface area is 162 Å². The minimum Gasteiger partial charge on any atom is -0.379 e. The number of hydrogen-bond acceptors (Lipinski definition) is 6. The predicted molar refractivity (Wildman–Crippen MR) is 105 cm³/mol. The van der Waals surface area contributed by atoms with Gasteiger partial charge in [-0.1, -0.05) is 6.92 Å². The van der Waals surface area contributed by atoms with Crippen molar-refractivity contribution in [3.05, 3.63) is 22.6 Å². The van der Waals surface area contributed by atoms with Crippen molar-refractivity contribution in [2.24, 2.45) is 5.92 Å². The lowest BCUT2D eigenvalue weighted by Gasteiger charge is -2.17. The van der Waals surface area contributed by atoms with Gasteiger partial charge in [0.05, 0.1) is 11.5 Å². The molecule has 0 fully saturated rings. The van der Waals surface area contributed by atoms with Crippen LogP contribution in [-0.4, -0.2) is 44.7 Å². The summed E-state index contributed by atoms with van der Waals surface area (Å²) < 4.78 is 7.11. The van der Waals surface area contributed by atoms with Crippen LogP contribution in [0.3, 0.4) is 0 Å². The number of ether oxygens (including phenoxy) is 1. The number of thiophene rings is 1. The molecule has 0 radical (unpaired) electrons. The normalized spacial score (nSPS) is 17.0. The number of nitrogens with one attached hydrogen (secondary N) is 1. The standard InChI is InChI=1S/C19H25N5O2S/c1-11(2)26-8-4-7-20-18(25)16-22-17-15-13-9-12(3)5-6-14(13)27-19(15)21-10-24(17)23-16/h10-12H,4-9H2,1-3H3,(H,20,25)/t12-/m0/s1. The van der Waals surface area contributed by atoms with Gasteiger partial charge in [-0.15, -0.1) is 16.4 Å². The molecule has 7 nitrogen and oxygen atoms in total. The number of aromatic nitrogens is 4. The summed E-state index contributed by atoms with van der Waals surface area (Å²) in [5, 5.41) is 8.28. The molecule has 8 heteroatoms. The first-order valence-corrected chi connectivity index (χ1v) is 10.4. The number of hydrogen-bond donors (Lipinski definition) is 1. The molecule has 27 heavy (non-hydrogen) atoms. The fraction of sp³-hybridized carbons (Fsp3) is 0.579. The lowest BCUT2D eigenvalue weighted by molar-refractivity contribution is 0.0756. The second kappa shape index (κ2) is 7.52. The smallest absolute Gasteiger partial charge is 0.290 e. The van der Waals surface area contributed by atoms with Gasteiger partial charge in [0, 0.05) is 18.0 Å². The van der Waals surface area contributed by atoms with Crippen LogP contribution in [-0.2, 0) is 17.6 Å². The molecule has 3 heterocycles. The molecule has 3 aromatic heterocycles. The highest BCUT2D eigenvalue weighted by Gasteiger charge is 2.24. The maximum absolute atomic E-state index is 12.4. The largest absolute Gasteiger partial charge is 0.379 e. The van der Waals surface area contributed by atoms with E-state index >= 15 is 0 Å². The molecule has 0 saturated carbocycles. The first kappa shape index (κ1) is 18.3. The van der Waals surface area contributed by atoms with Crippen molar-refractivity contribution >= 4 is 33.1 Å². The van der Waals surface area contributed by atoms with Gasteiger partial charge in [0.1, 0.15) is 11.2 Å². The molecule has 1 N–H and O–H groups in total. The lowest BCUT2D eigenvalue weighted by atomic mass is 9.89. The third-order valence-corrected chi connectivity index (χ3v) is 6.09. The molecule has 0 unspecified atom stereocenters. The minimum atomic E-state index is -0.256. The number of nitrogens with zero attached hydrogens (tertiary/aromatic N) is 4. The second-order valence-corrected chi connectivity index (χ2v) is 8.59. The molecule has 0 spiro atoms. The van der Waals surface area contributed by atoms with Crippen LogP contribution in [0.25, 0.3) is 15.9 Å². The van der Waals surface area contributed by atoms with E-state index < -0.39 is 0 Å². The average molecular weight is 388 g/mol. The van der Waals surface area contributed by atoms with Crippen LogP contribution >= 0.6 is 11.3 Å². The zero-order valence-electron chi connectivity index (χ0n) is 16.0. The lowest BCUT2D eigenvalue weighted by Crippen LogP contribution is -2.26. The monoisotopic (exact) mass is 387 g/mol. The Hall–Kier alpha value is -2.06. The molecule has 1 aliphatic carbocycles. The van der Waals surface area contributed by atoms with Crippen molar-refractivity contribution in [1.29, 1.82) is 0 Å².